The molecule has 0 bridgehead atoms. The number of carboxylic acids is 1. The number of hydrogen-bond donors (Lipinski definition) is 2. The second-order valence-corrected chi connectivity index (χ2v) is 4.61. The van der Waals surface area contributed by atoms with Crippen molar-refractivity contribution in [2.75, 3.05) is 0 Å². The zero-order valence-electron chi connectivity index (χ0n) is 10.7. The van der Waals surface area contributed by atoms with Crippen LogP contribution < -0.4 is 5.32 Å². The maximum atomic E-state index is 12.0. The lowest BCUT2D eigenvalue weighted by atomic mass is 9.98. The number of rotatable bonds is 5. The molecule has 0 aliphatic rings. The second-order valence-electron chi connectivity index (χ2n) is 4.23. The molecule has 0 aliphatic carbocycles. The van der Waals surface area contributed by atoms with Crippen molar-refractivity contribution in [2.24, 2.45) is 0 Å². The molecule has 0 fully saturated rings. The summed E-state index contributed by atoms with van der Waals surface area (Å²) in [7, 11) is 0. The lowest BCUT2D eigenvalue weighted by Crippen LogP contribution is -2.51. The minimum Gasteiger partial charge on any atom is -0.480 e. The Morgan fingerprint density at radius 1 is 1.60 bits per heavy atom. The average Bonchev–Trinajstić information content (AvgIpc) is 2.37. The summed E-state index contributed by atoms with van der Waals surface area (Å²) in [5, 5.41) is 22.1. The molecule has 20 heavy (non-hydrogen) atoms. The minimum absolute atomic E-state index is 0.103. The quantitative estimate of drug-likeness (QED) is 0.484. The molecule has 1 rings (SSSR count). The van der Waals surface area contributed by atoms with E-state index in [1.165, 1.54) is 6.92 Å². The van der Waals surface area contributed by atoms with E-state index < -0.39 is 28.0 Å². The van der Waals surface area contributed by atoms with Gasteiger partial charge in [-0.2, -0.15) is 0 Å². The zero-order valence-corrected chi connectivity index (χ0v) is 11.5. The first kappa shape index (κ1) is 15.8. The maximum absolute atomic E-state index is 12.0. The molecule has 9 heteroatoms. The molecule has 0 aromatic carbocycles. The highest BCUT2D eigenvalue weighted by molar-refractivity contribution is 6.29. The highest BCUT2D eigenvalue weighted by Gasteiger charge is 2.35. The molecule has 1 atom stereocenters. The number of carbonyl (C=O) groups excluding carboxylic acids is 1. The number of carbonyl (C=O) groups is 2. The van der Waals surface area contributed by atoms with Gasteiger partial charge in [-0.3, -0.25) is 14.9 Å². The highest BCUT2D eigenvalue weighted by atomic mass is 35.5. The number of carboxylic acid groups (broad SMARTS) is 1. The predicted molar refractivity (Wildman–Crippen MR) is 69.7 cm³/mol. The molecular formula is C11H12ClN3O5. The highest BCUT2D eigenvalue weighted by Crippen LogP contribution is 2.21. The van der Waals surface area contributed by atoms with Crippen LogP contribution in [0.25, 0.3) is 0 Å². The van der Waals surface area contributed by atoms with E-state index in [-0.39, 0.29) is 17.1 Å². The van der Waals surface area contributed by atoms with Crippen LogP contribution in [0.2, 0.25) is 5.15 Å². The number of nitrogens with one attached hydrogen (secondary N) is 1. The molecule has 2 N–H and O–H groups in total. The van der Waals surface area contributed by atoms with E-state index in [2.05, 4.69) is 10.3 Å². The van der Waals surface area contributed by atoms with Gasteiger partial charge in [0.2, 0.25) is 0 Å². The third-order valence-corrected chi connectivity index (χ3v) is 3.07. The summed E-state index contributed by atoms with van der Waals surface area (Å²) in [4.78, 5) is 36.7. The van der Waals surface area contributed by atoms with Crippen LogP contribution in [0.3, 0.4) is 0 Å². The van der Waals surface area contributed by atoms with Crippen LogP contribution in [0.5, 0.6) is 0 Å². The van der Waals surface area contributed by atoms with Crippen molar-refractivity contribution in [1.29, 1.82) is 0 Å². The predicted octanol–water partition coefficient (Wildman–Crippen LogP) is 1.63. The number of aliphatic carboxylic acids is 1. The molecule has 1 aromatic heterocycles. The van der Waals surface area contributed by atoms with Crippen LogP contribution in [0.15, 0.2) is 12.3 Å². The molecular weight excluding hydrogens is 290 g/mol. The fourth-order valence-corrected chi connectivity index (χ4v) is 1.52. The molecule has 0 radical (unpaired) electrons. The fraction of sp³-hybridized carbons (Fsp3) is 0.364. The van der Waals surface area contributed by atoms with Crippen LogP contribution in [-0.2, 0) is 4.79 Å². The van der Waals surface area contributed by atoms with E-state index in [0.29, 0.717) is 0 Å². The van der Waals surface area contributed by atoms with Crippen molar-refractivity contribution >= 4 is 29.2 Å². The van der Waals surface area contributed by atoms with Gasteiger partial charge in [-0.25, -0.2) is 9.78 Å². The molecule has 108 valence electrons. The van der Waals surface area contributed by atoms with Gasteiger partial charge in [0.05, 0.1) is 4.92 Å². The summed E-state index contributed by atoms with van der Waals surface area (Å²) < 4.78 is 0. The Kier molecular flexibility index (Phi) is 4.61. The Morgan fingerprint density at radius 3 is 2.65 bits per heavy atom. The largest absolute Gasteiger partial charge is 0.480 e. The van der Waals surface area contributed by atoms with Gasteiger partial charge >= 0.3 is 5.97 Å². The summed E-state index contributed by atoms with van der Waals surface area (Å²) in [5.74, 6) is -2.14. The normalized spacial score (nSPS) is 13.3. The van der Waals surface area contributed by atoms with Crippen molar-refractivity contribution < 1.29 is 19.6 Å². The molecule has 0 saturated carbocycles. The van der Waals surface area contributed by atoms with Crippen molar-refractivity contribution in [3.8, 4) is 0 Å². The van der Waals surface area contributed by atoms with Crippen LogP contribution in [0, 0.1) is 10.1 Å². The van der Waals surface area contributed by atoms with Crippen LogP contribution >= 0.6 is 11.6 Å². The number of nitro groups is 1. The van der Waals surface area contributed by atoms with E-state index in [0.717, 1.165) is 12.3 Å². The number of hydrogen-bond acceptors (Lipinski definition) is 5. The van der Waals surface area contributed by atoms with Crippen molar-refractivity contribution in [3.05, 3.63) is 33.1 Å². The molecule has 0 spiro atoms. The van der Waals surface area contributed by atoms with Gasteiger partial charge in [0.25, 0.3) is 11.6 Å². The number of amides is 1. The Morgan fingerprint density at radius 2 is 2.20 bits per heavy atom. The molecule has 1 heterocycles. The average molecular weight is 302 g/mol. The number of nitrogens with zero attached hydrogens (tertiary/aromatic N) is 2. The molecule has 1 amide bonds. The van der Waals surface area contributed by atoms with Crippen molar-refractivity contribution in [3.63, 3.8) is 0 Å². The monoisotopic (exact) mass is 301 g/mol. The topological polar surface area (TPSA) is 122 Å². The van der Waals surface area contributed by atoms with Gasteiger partial charge in [-0.15, -0.1) is 0 Å². The van der Waals surface area contributed by atoms with Gasteiger partial charge in [-0.1, -0.05) is 18.5 Å². The molecule has 1 unspecified atom stereocenters. The standard InChI is InChI=1S/C11H12ClN3O5/c1-3-11(2,10(17)18)14-9(16)6-4-8(12)13-5-7(6)15(19)20/h4-5H,3H2,1-2H3,(H,14,16)(H,17,18). The van der Waals surface area contributed by atoms with Crippen LogP contribution in [0.1, 0.15) is 30.6 Å². The van der Waals surface area contributed by atoms with E-state index in [1.807, 2.05) is 0 Å². The van der Waals surface area contributed by atoms with E-state index in [9.17, 15) is 19.7 Å². The Labute approximate surface area is 118 Å². The maximum Gasteiger partial charge on any atom is 0.329 e. The van der Waals surface area contributed by atoms with Crippen LogP contribution in [-0.4, -0.2) is 32.4 Å². The van der Waals surface area contributed by atoms with E-state index in [1.54, 1.807) is 6.92 Å². The number of aromatic nitrogens is 1. The summed E-state index contributed by atoms with van der Waals surface area (Å²) in [5.41, 5.74) is -2.41. The first-order valence-corrected chi connectivity index (χ1v) is 5.95. The third kappa shape index (κ3) is 3.21. The van der Waals surface area contributed by atoms with Gasteiger partial charge in [-0.05, 0) is 19.4 Å². The zero-order chi connectivity index (χ0) is 15.5. The smallest absolute Gasteiger partial charge is 0.329 e. The number of halogens is 1. The second kappa shape index (κ2) is 5.83. The summed E-state index contributed by atoms with van der Waals surface area (Å²) in [6, 6.07) is 1.02. The Hall–Kier alpha value is -2.22. The third-order valence-electron chi connectivity index (χ3n) is 2.86. The van der Waals surface area contributed by atoms with E-state index in [4.69, 9.17) is 16.7 Å². The van der Waals surface area contributed by atoms with Crippen molar-refractivity contribution in [1.82, 2.24) is 10.3 Å². The first-order valence-electron chi connectivity index (χ1n) is 5.57. The SMILES string of the molecule is CCC(C)(NC(=O)c1cc(Cl)ncc1[N+](=O)[O-])C(=O)O. The molecule has 8 nitrogen and oxygen atoms in total. The summed E-state index contributed by atoms with van der Waals surface area (Å²) >= 11 is 5.60. The fourth-order valence-electron chi connectivity index (χ4n) is 1.36. The number of pyridine rings is 1. The van der Waals surface area contributed by atoms with Gasteiger partial charge in [0, 0.05) is 0 Å². The lowest BCUT2D eigenvalue weighted by Gasteiger charge is -2.24. The Bertz CT molecular complexity index is 577. The van der Waals surface area contributed by atoms with E-state index >= 15 is 0 Å². The van der Waals surface area contributed by atoms with Crippen LogP contribution in [0.4, 0.5) is 5.69 Å². The van der Waals surface area contributed by atoms with Gasteiger partial charge in [0.15, 0.2) is 0 Å². The summed E-state index contributed by atoms with van der Waals surface area (Å²) in [6.07, 6.45) is 0.960. The minimum atomic E-state index is -1.53. The molecule has 0 saturated heterocycles. The molecule has 1 aromatic rings. The summed E-state index contributed by atoms with van der Waals surface area (Å²) in [6.45, 7) is 2.88. The van der Waals surface area contributed by atoms with Gasteiger partial charge in [0.1, 0.15) is 22.5 Å². The lowest BCUT2D eigenvalue weighted by molar-refractivity contribution is -0.385. The first-order chi connectivity index (χ1) is 9.21. The van der Waals surface area contributed by atoms with Gasteiger partial charge < -0.3 is 10.4 Å². The van der Waals surface area contributed by atoms with Crippen molar-refractivity contribution in [2.45, 2.75) is 25.8 Å². The molecule has 0 aliphatic heterocycles. The Balaban J connectivity index is 3.18.